The number of fused-ring (bicyclic) bond motifs is 3. The van der Waals surface area contributed by atoms with E-state index in [0.29, 0.717) is 18.4 Å². The van der Waals surface area contributed by atoms with Gasteiger partial charge >= 0.3 is 0 Å². The van der Waals surface area contributed by atoms with E-state index in [1.807, 2.05) is 0 Å². The lowest BCUT2D eigenvalue weighted by molar-refractivity contribution is -0.125. The summed E-state index contributed by atoms with van der Waals surface area (Å²) in [5.41, 5.74) is 1.37. The van der Waals surface area contributed by atoms with Gasteiger partial charge in [-0.25, -0.2) is 8.78 Å². The van der Waals surface area contributed by atoms with E-state index in [1.165, 1.54) is 6.07 Å². The van der Waals surface area contributed by atoms with Crippen molar-refractivity contribution in [1.82, 2.24) is 0 Å². The van der Waals surface area contributed by atoms with Gasteiger partial charge in [0.15, 0.2) is 0 Å². The van der Waals surface area contributed by atoms with Gasteiger partial charge in [-0.15, -0.1) is 0 Å². The zero-order chi connectivity index (χ0) is 12.0. The predicted molar refractivity (Wildman–Crippen MR) is 59.8 cm³/mol. The highest BCUT2D eigenvalue weighted by Gasteiger charge is 2.37. The largest absolute Gasteiger partial charge is 0.299 e. The minimum Gasteiger partial charge on any atom is -0.299 e. The Morgan fingerprint density at radius 3 is 2.71 bits per heavy atom. The molecule has 17 heavy (non-hydrogen) atoms. The quantitative estimate of drug-likeness (QED) is 0.675. The topological polar surface area (TPSA) is 17.1 Å². The Morgan fingerprint density at radius 2 is 1.88 bits per heavy atom. The minimum atomic E-state index is -0.528. The molecule has 90 valence electrons. The zero-order valence-electron chi connectivity index (χ0n) is 9.51. The third-order valence-corrected chi connectivity index (χ3v) is 4.14. The monoisotopic (exact) mass is 236 g/mol. The number of hydrogen-bond acceptors (Lipinski definition) is 1. The van der Waals surface area contributed by atoms with Gasteiger partial charge in [-0.1, -0.05) is 0 Å². The first kappa shape index (κ1) is 10.9. The van der Waals surface area contributed by atoms with Crippen molar-refractivity contribution in [2.24, 2.45) is 5.92 Å². The number of benzene rings is 1. The Hall–Kier alpha value is -1.25. The van der Waals surface area contributed by atoms with Crippen LogP contribution in [-0.2, 0) is 11.2 Å². The van der Waals surface area contributed by atoms with Crippen LogP contribution in [0.25, 0.3) is 0 Å². The minimum absolute atomic E-state index is 0.00236. The summed E-state index contributed by atoms with van der Waals surface area (Å²) in [5.74, 6) is -0.657. The Balaban J connectivity index is 2.09. The second kappa shape index (κ2) is 3.90. The second-order valence-electron chi connectivity index (χ2n) is 5.07. The molecule has 0 spiro atoms. The standard InChI is InChI=1S/C14H14F2O/c15-8-6-12-9-2-1-3-14(17)11(9)5-4-10(12)13(16)7-8/h6-7,9,11H,1-5H2. The molecule has 2 aliphatic carbocycles. The lowest BCUT2D eigenvalue weighted by atomic mass is 9.67. The molecule has 0 N–H and O–H groups in total. The second-order valence-corrected chi connectivity index (χ2v) is 5.07. The molecular formula is C14H14F2O. The van der Waals surface area contributed by atoms with E-state index < -0.39 is 11.6 Å². The molecule has 0 aromatic heterocycles. The third kappa shape index (κ3) is 1.68. The van der Waals surface area contributed by atoms with E-state index in [-0.39, 0.29) is 17.6 Å². The number of carbonyl (C=O) groups is 1. The molecule has 0 saturated heterocycles. The van der Waals surface area contributed by atoms with Crippen LogP contribution in [0.5, 0.6) is 0 Å². The van der Waals surface area contributed by atoms with Crippen LogP contribution in [0.1, 0.15) is 42.7 Å². The average Bonchev–Trinajstić information content (AvgIpc) is 2.29. The Labute approximate surface area is 98.8 Å². The van der Waals surface area contributed by atoms with Crippen LogP contribution in [0.3, 0.4) is 0 Å². The van der Waals surface area contributed by atoms with Crippen LogP contribution in [0.4, 0.5) is 8.78 Å². The average molecular weight is 236 g/mol. The molecule has 1 nitrogen and oxygen atoms in total. The van der Waals surface area contributed by atoms with Crippen LogP contribution >= 0.6 is 0 Å². The van der Waals surface area contributed by atoms with E-state index in [9.17, 15) is 13.6 Å². The Morgan fingerprint density at radius 1 is 1.06 bits per heavy atom. The van der Waals surface area contributed by atoms with Gasteiger partial charge in [-0.05, 0) is 48.8 Å². The first-order chi connectivity index (χ1) is 8.16. The Bertz CT molecular complexity index is 481. The fraction of sp³-hybridized carbons (Fsp3) is 0.500. The summed E-state index contributed by atoms with van der Waals surface area (Å²) in [5, 5.41) is 0. The van der Waals surface area contributed by atoms with Crippen LogP contribution in [0.2, 0.25) is 0 Å². The van der Waals surface area contributed by atoms with Gasteiger partial charge in [0.1, 0.15) is 17.4 Å². The molecule has 0 bridgehead atoms. The molecule has 0 aliphatic heterocycles. The molecule has 3 heteroatoms. The van der Waals surface area contributed by atoms with Crippen LogP contribution in [0.15, 0.2) is 12.1 Å². The number of hydrogen-bond donors (Lipinski definition) is 0. The summed E-state index contributed by atoms with van der Waals surface area (Å²) in [7, 11) is 0. The molecule has 2 unspecified atom stereocenters. The van der Waals surface area contributed by atoms with E-state index in [4.69, 9.17) is 0 Å². The fourth-order valence-corrected chi connectivity index (χ4v) is 3.36. The molecule has 1 fully saturated rings. The maximum absolute atomic E-state index is 13.7. The maximum Gasteiger partial charge on any atom is 0.136 e. The van der Waals surface area contributed by atoms with Gasteiger partial charge in [0.25, 0.3) is 0 Å². The van der Waals surface area contributed by atoms with Crippen LogP contribution < -0.4 is 0 Å². The van der Waals surface area contributed by atoms with Crippen molar-refractivity contribution < 1.29 is 13.6 Å². The van der Waals surface area contributed by atoms with Gasteiger partial charge in [0, 0.05) is 18.4 Å². The summed E-state index contributed by atoms with van der Waals surface area (Å²) < 4.78 is 26.9. The summed E-state index contributed by atoms with van der Waals surface area (Å²) in [6, 6.07) is 2.37. The molecular weight excluding hydrogens is 222 g/mol. The zero-order valence-corrected chi connectivity index (χ0v) is 9.51. The number of rotatable bonds is 0. The molecule has 0 amide bonds. The molecule has 1 aromatic rings. The fourth-order valence-electron chi connectivity index (χ4n) is 3.36. The summed E-state index contributed by atoms with van der Waals surface area (Å²) in [6.45, 7) is 0. The van der Waals surface area contributed by atoms with E-state index in [0.717, 1.165) is 30.9 Å². The first-order valence-electron chi connectivity index (χ1n) is 6.17. The van der Waals surface area contributed by atoms with Crippen molar-refractivity contribution in [2.75, 3.05) is 0 Å². The van der Waals surface area contributed by atoms with Crippen molar-refractivity contribution >= 4 is 5.78 Å². The highest BCUT2D eigenvalue weighted by atomic mass is 19.1. The Kier molecular flexibility index (Phi) is 2.49. The van der Waals surface area contributed by atoms with Gasteiger partial charge in [0.2, 0.25) is 0 Å². The molecule has 0 heterocycles. The van der Waals surface area contributed by atoms with Crippen molar-refractivity contribution in [3.8, 4) is 0 Å². The lowest BCUT2D eigenvalue weighted by Crippen LogP contribution is -2.31. The van der Waals surface area contributed by atoms with Crippen LogP contribution in [-0.4, -0.2) is 5.78 Å². The van der Waals surface area contributed by atoms with E-state index in [2.05, 4.69) is 0 Å². The number of ketones is 1. The van der Waals surface area contributed by atoms with E-state index in [1.54, 1.807) is 0 Å². The van der Waals surface area contributed by atoms with Gasteiger partial charge in [0.05, 0.1) is 0 Å². The van der Waals surface area contributed by atoms with Crippen molar-refractivity contribution in [3.05, 3.63) is 34.9 Å². The van der Waals surface area contributed by atoms with Crippen molar-refractivity contribution in [3.63, 3.8) is 0 Å². The highest BCUT2D eigenvalue weighted by Crippen LogP contribution is 2.44. The SMILES string of the molecule is O=C1CCCC2c3cc(F)cc(F)c3CCC12. The number of carbonyl (C=O) groups excluding carboxylic acids is 1. The first-order valence-corrected chi connectivity index (χ1v) is 6.17. The molecule has 0 radical (unpaired) electrons. The summed E-state index contributed by atoms with van der Waals surface area (Å²) >= 11 is 0. The number of halogens is 2. The van der Waals surface area contributed by atoms with E-state index >= 15 is 0 Å². The molecule has 1 aromatic carbocycles. The van der Waals surface area contributed by atoms with Crippen molar-refractivity contribution in [2.45, 2.75) is 38.0 Å². The molecule has 2 aliphatic rings. The lowest BCUT2D eigenvalue weighted by Gasteiger charge is -2.36. The highest BCUT2D eigenvalue weighted by molar-refractivity contribution is 5.83. The number of Topliss-reactive ketones (excluding diaryl/α,β-unsaturated/α-hetero) is 1. The predicted octanol–water partition coefficient (Wildman–Crippen LogP) is 3.36. The normalized spacial score (nSPS) is 27.5. The maximum atomic E-state index is 13.7. The summed E-state index contributed by atoms with van der Waals surface area (Å²) in [4.78, 5) is 11.8. The van der Waals surface area contributed by atoms with Gasteiger partial charge in [-0.2, -0.15) is 0 Å². The van der Waals surface area contributed by atoms with Crippen molar-refractivity contribution in [1.29, 1.82) is 0 Å². The molecule has 2 atom stereocenters. The summed E-state index contributed by atoms with van der Waals surface area (Å²) in [6.07, 6.45) is 3.64. The molecule has 3 rings (SSSR count). The van der Waals surface area contributed by atoms with Crippen LogP contribution in [0, 0.1) is 17.6 Å². The smallest absolute Gasteiger partial charge is 0.136 e. The van der Waals surface area contributed by atoms with Gasteiger partial charge < -0.3 is 0 Å². The molecule has 1 saturated carbocycles. The van der Waals surface area contributed by atoms with Gasteiger partial charge in [-0.3, -0.25) is 4.79 Å². The third-order valence-electron chi connectivity index (χ3n) is 4.14.